The summed E-state index contributed by atoms with van der Waals surface area (Å²) >= 11 is 0. The minimum atomic E-state index is 0.124. The summed E-state index contributed by atoms with van der Waals surface area (Å²) < 4.78 is 2.43. The second kappa shape index (κ2) is 4.92. The van der Waals surface area contributed by atoms with E-state index in [0.29, 0.717) is 0 Å². The van der Waals surface area contributed by atoms with Gasteiger partial charge >= 0.3 is 0 Å². The van der Waals surface area contributed by atoms with Gasteiger partial charge in [0, 0.05) is 16.3 Å². The van der Waals surface area contributed by atoms with Gasteiger partial charge in [0.2, 0.25) is 5.52 Å². The van der Waals surface area contributed by atoms with Gasteiger partial charge in [-0.3, -0.25) is 0 Å². The van der Waals surface area contributed by atoms with Crippen LogP contribution in [0.3, 0.4) is 0 Å². The van der Waals surface area contributed by atoms with Crippen LogP contribution in [0.1, 0.15) is 31.9 Å². The third-order valence-electron chi connectivity index (χ3n) is 5.46. The van der Waals surface area contributed by atoms with Gasteiger partial charge in [-0.2, -0.15) is 4.57 Å². The topological polar surface area (TPSA) is 3.88 Å². The molecule has 1 aliphatic rings. The molecule has 1 nitrogen and oxygen atoms in total. The molecule has 0 bridgehead atoms. The first-order valence-electron chi connectivity index (χ1n) is 9.00. The molecule has 25 heavy (non-hydrogen) atoms. The van der Waals surface area contributed by atoms with E-state index in [9.17, 15) is 0 Å². The van der Waals surface area contributed by atoms with Crippen LogP contribution >= 0.6 is 0 Å². The molecule has 2 heterocycles. The normalized spacial score (nSPS) is 13.2. The summed E-state index contributed by atoms with van der Waals surface area (Å²) in [6, 6.07) is 22.4. The summed E-state index contributed by atoms with van der Waals surface area (Å²) in [4.78, 5) is 0. The second-order valence-corrected chi connectivity index (χ2v) is 8.17. The third kappa shape index (κ3) is 2.12. The molecule has 0 spiro atoms. The van der Waals surface area contributed by atoms with Crippen molar-refractivity contribution in [3.05, 3.63) is 78.0 Å². The van der Waals surface area contributed by atoms with E-state index in [1.54, 1.807) is 0 Å². The van der Waals surface area contributed by atoms with E-state index >= 15 is 0 Å². The number of benzene rings is 3. The Morgan fingerprint density at radius 3 is 2.40 bits per heavy atom. The zero-order chi connectivity index (χ0) is 17.2. The highest BCUT2D eigenvalue weighted by Gasteiger charge is 2.28. The Labute approximate surface area is 148 Å². The average Bonchev–Trinajstić information content (AvgIpc) is 2.61. The highest BCUT2D eigenvalue weighted by Crippen LogP contribution is 2.39. The summed E-state index contributed by atoms with van der Waals surface area (Å²) in [5.74, 6) is 0. The second-order valence-electron chi connectivity index (χ2n) is 8.17. The molecule has 0 amide bonds. The Hall–Kier alpha value is -2.67. The number of hydrogen-bond donors (Lipinski definition) is 0. The Morgan fingerprint density at radius 1 is 0.800 bits per heavy atom. The summed E-state index contributed by atoms with van der Waals surface area (Å²) in [5.41, 5.74) is 7.05. The van der Waals surface area contributed by atoms with Gasteiger partial charge in [-0.25, -0.2) is 0 Å². The third-order valence-corrected chi connectivity index (χ3v) is 5.46. The van der Waals surface area contributed by atoms with Gasteiger partial charge in [-0.1, -0.05) is 63.2 Å². The zero-order valence-electron chi connectivity index (χ0n) is 15.0. The van der Waals surface area contributed by atoms with Crippen LogP contribution in [-0.2, 0) is 12.0 Å². The first-order valence-corrected chi connectivity index (χ1v) is 9.00. The Bertz CT molecular complexity index is 1150. The van der Waals surface area contributed by atoms with Crippen molar-refractivity contribution < 1.29 is 4.57 Å². The molecular formula is C24H22N+. The standard InChI is InChI=1S/C24H22N/c1-24(2,3)18-12-21-19-10-6-4-8-16(19)14-25-15-17-9-5-7-11-20(17)22(13-18)23(21)25/h4-14H,15H2,1-3H3/q+1. The molecule has 0 aliphatic carbocycles. The molecule has 5 rings (SSSR count). The van der Waals surface area contributed by atoms with E-state index in [1.165, 1.54) is 43.9 Å². The highest BCUT2D eigenvalue weighted by molar-refractivity contribution is 6.09. The lowest BCUT2D eigenvalue weighted by atomic mass is 9.82. The molecule has 0 N–H and O–H groups in total. The van der Waals surface area contributed by atoms with Crippen molar-refractivity contribution >= 4 is 21.7 Å². The molecule has 0 atom stereocenters. The van der Waals surface area contributed by atoms with Crippen molar-refractivity contribution in [3.8, 4) is 11.1 Å². The van der Waals surface area contributed by atoms with Gasteiger partial charge in [0.15, 0.2) is 12.7 Å². The monoisotopic (exact) mass is 324 g/mol. The minimum Gasteiger partial charge on any atom is -0.193 e. The van der Waals surface area contributed by atoms with Crippen LogP contribution in [0.25, 0.3) is 32.8 Å². The number of fused-ring (bicyclic) bond motifs is 4. The van der Waals surface area contributed by atoms with Crippen molar-refractivity contribution in [2.24, 2.45) is 0 Å². The Morgan fingerprint density at radius 2 is 1.56 bits per heavy atom. The number of hydrogen-bond acceptors (Lipinski definition) is 0. The van der Waals surface area contributed by atoms with Crippen molar-refractivity contribution in [2.45, 2.75) is 32.7 Å². The largest absolute Gasteiger partial charge is 0.221 e. The molecule has 1 aliphatic heterocycles. The van der Waals surface area contributed by atoms with Crippen LogP contribution in [0.15, 0.2) is 66.9 Å². The summed E-state index contributed by atoms with van der Waals surface area (Å²) in [6.07, 6.45) is 2.31. The maximum atomic E-state index is 2.43. The molecule has 1 heteroatoms. The quantitative estimate of drug-likeness (QED) is 0.258. The lowest BCUT2D eigenvalue weighted by Gasteiger charge is -2.23. The van der Waals surface area contributed by atoms with Gasteiger partial charge in [-0.15, -0.1) is 0 Å². The molecule has 0 saturated heterocycles. The van der Waals surface area contributed by atoms with Crippen LogP contribution in [-0.4, -0.2) is 0 Å². The van der Waals surface area contributed by atoms with E-state index in [-0.39, 0.29) is 5.41 Å². The highest BCUT2D eigenvalue weighted by atomic mass is 15.0. The fourth-order valence-corrected chi connectivity index (χ4v) is 4.10. The summed E-state index contributed by atoms with van der Waals surface area (Å²) in [7, 11) is 0. The van der Waals surface area contributed by atoms with E-state index < -0.39 is 0 Å². The van der Waals surface area contributed by atoms with Crippen molar-refractivity contribution in [2.75, 3.05) is 0 Å². The predicted octanol–water partition coefficient (Wildman–Crippen LogP) is 5.61. The van der Waals surface area contributed by atoms with Gasteiger partial charge in [0.05, 0.1) is 10.9 Å². The molecule has 4 aromatic rings. The van der Waals surface area contributed by atoms with Gasteiger partial charge in [0.25, 0.3) is 0 Å². The Balaban J connectivity index is 2.02. The number of pyridine rings is 1. The zero-order valence-corrected chi connectivity index (χ0v) is 15.0. The van der Waals surface area contributed by atoms with E-state index in [0.717, 1.165) is 6.54 Å². The van der Waals surface area contributed by atoms with Gasteiger partial charge in [-0.05, 0) is 34.7 Å². The van der Waals surface area contributed by atoms with Crippen LogP contribution in [0.2, 0.25) is 0 Å². The van der Waals surface area contributed by atoms with Crippen LogP contribution in [0.4, 0.5) is 0 Å². The number of aromatic nitrogens is 1. The SMILES string of the molecule is CC(C)(C)c1cc2c3c(c1)c1ccccc1c[n+]3Cc1ccccc1-2. The lowest BCUT2D eigenvalue weighted by Crippen LogP contribution is -2.38. The van der Waals surface area contributed by atoms with Crippen LogP contribution in [0, 0.1) is 0 Å². The van der Waals surface area contributed by atoms with Crippen LogP contribution in [0.5, 0.6) is 0 Å². The molecular weight excluding hydrogens is 302 g/mol. The molecule has 0 radical (unpaired) electrons. The number of rotatable bonds is 0. The summed E-state index contributed by atoms with van der Waals surface area (Å²) in [5, 5.41) is 4.03. The van der Waals surface area contributed by atoms with Crippen molar-refractivity contribution in [1.82, 2.24) is 0 Å². The van der Waals surface area contributed by atoms with Crippen molar-refractivity contribution in [1.29, 1.82) is 0 Å². The Kier molecular flexibility index (Phi) is 2.88. The fraction of sp³-hybridized carbons (Fsp3) is 0.208. The number of nitrogens with zero attached hydrogens (tertiary/aromatic N) is 1. The smallest absolute Gasteiger partial charge is 0.193 e. The van der Waals surface area contributed by atoms with Gasteiger partial charge in [0.1, 0.15) is 0 Å². The molecule has 122 valence electrons. The predicted molar refractivity (Wildman–Crippen MR) is 105 cm³/mol. The molecule has 1 aromatic heterocycles. The van der Waals surface area contributed by atoms with E-state index in [2.05, 4.69) is 92.2 Å². The average molecular weight is 324 g/mol. The molecule has 0 fully saturated rings. The molecule has 0 saturated carbocycles. The first kappa shape index (κ1) is 14.7. The molecule has 3 aromatic carbocycles. The maximum Gasteiger partial charge on any atom is 0.221 e. The van der Waals surface area contributed by atoms with Crippen molar-refractivity contribution in [3.63, 3.8) is 0 Å². The maximum absolute atomic E-state index is 2.43. The summed E-state index contributed by atoms with van der Waals surface area (Å²) in [6.45, 7) is 7.85. The lowest BCUT2D eigenvalue weighted by molar-refractivity contribution is -0.661. The fourth-order valence-electron chi connectivity index (χ4n) is 4.10. The first-order chi connectivity index (χ1) is 12.0. The molecule has 0 unspecified atom stereocenters. The van der Waals surface area contributed by atoms with Gasteiger partial charge < -0.3 is 0 Å². The van der Waals surface area contributed by atoms with Crippen LogP contribution < -0.4 is 4.57 Å². The minimum absolute atomic E-state index is 0.124. The van der Waals surface area contributed by atoms with E-state index in [1.807, 2.05) is 0 Å². The van der Waals surface area contributed by atoms with E-state index in [4.69, 9.17) is 0 Å².